The number of nitrogens with zero attached hydrogens (tertiary/aromatic N) is 6. The van der Waals surface area contributed by atoms with E-state index in [-0.39, 0.29) is 35.1 Å². The highest BCUT2D eigenvalue weighted by molar-refractivity contribution is 5.97. The molecule has 0 saturated carbocycles. The number of amides is 2. The molecule has 9 rings (SSSR count). The van der Waals surface area contributed by atoms with E-state index < -0.39 is 11.7 Å². The number of benzene rings is 3. The molecule has 12 nitrogen and oxygen atoms in total. The molecule has 2 aliphatic heterocycles. The number of rotatable bonds is 5. The van der Waals surface area contributed by atoms with E-state index in [0.717, 1.165) is 11.1 Å². The summed E-state index contributed by atoms with van der Waals surface area (Å²) in [6.45, 7) is 0.652. The minimum Gasteiger partial charge on any atom is -0.424 e. The maximum absolute atomic E-state index is 15.3. The lowest BCUT2D eigenvalue weighted by atomic mass is 10.0. The fraction of sp³-hybridized carbons (Fsp3) is 0.189. The monoisotopic (exact) mass is 668 g/mol. The Morgan fingerprint density at radius 1 is 0.940 bits per heavy atom. The second kappa shape index (κ2) is 11.4. The van der Waals surface area contributed by atoms with E-state index in [9.17, 15) is 14.4 Å². The van der Waals surface area contributed by atoms with Crippen LogP contribution >= 0.6 is 0 Å². The molecule has 0 radical (unpaired) electrons. The van der Waals surface area contributed by atoms with Crippen LogP contribution in [0.15, 0.2) is 94.4 Å². The van der Waals surface area contributed by atoms with Crippen molar-refractivity contribution in [3.63, 3.8) is 0 Å². The van der Waals surface area contributed by atoms with Crippen molar-refractivity contribution in [1.29, 1.82) is 0 Å². The predicted molar refractivity (Wildman–Crippen MR) is 183 cm³/mol. The molecule has 0 spiro atoms. The Hall–Kier alpha value is -6.37. The number of anilines is 1. The molecule has 13 heteroatoms. The molecule has 3 N–H and O–H groups in total. The first-order chi connectivity index (χ1) is 24.3. The Labute approximate surface area is 283 Å². The number of likely N-dealkylation sites (tertiary alicyclic amines) is 1. The number of H-pyrrole nitrogens is 1. The summed E-state index contributed by atoms with van der Waals surface area (Å²) >= 11 is 0. The Kier molecular flexibility index (Phi) is 6.76. The van der Waals surface area contributed by atoms with Gasteiger partial charge in [-0.05, 0) is 72.0 Å². The predicted octanol–water partition coefficient (Wildman–Crippen LogP) is 4.82. The molecule has 248 valence electrons. The number of halogens is 1. The topological polar surface area (TPSA) is 156 Å². The third-order valence-corrected chi connectivity index (χ3v) is 9.87. The minimum absolute atomic E-state index is 0.0197. The third-order valence-electron chi connectivity index (χ3n) is 9.87. The van der Waals surface area contributed by atoms with Gasteiger partial charge in [0.2, 0.25) is 0 Å². The summed E-state index contributed by atoms with van der Waals surface area (Å²) in [6, 6.07) is 20.6. The summed E-state index contributed by atoms with van der Waals surface area (Å²) in [5.41, 5.74) is 10.7. The van der Waals surface area contributed by atoms with Gasteiger partial charge in [-0.2, -0.15) is 10.1 Å². The van der Waals surface area contributed by atoms with Gasteiger partial charge in [-0.25, -0.2) is 14.5 Å². The van der Waals surface area contributed by atoms with Crippen LogP contribution in [0.4, 0.5) is 10.4 Å². The zero-order valence-corrected chi connectivity index (χ0v) is 26.5. The van der Waals surface area contributed by atoms with Gasteiger partial charge in [0.15, 0.2) is 5.58 Å². The van der Waals surface area contributed by atoms with Crippen molar-refractivity contribution in [2.75, 3.05) is 18.8 Å². The number of piperazine rings is 1. The van der Waals surface area contributed by atoms with Gasteiger partial charge in [-0.3, -0.25) is 18.8 Å². The SMILES string of the molecule is Nc1nc2cc(-c3ccc4ncc(C(=O)N5CC6CCC(C5)N6C(=O)c5cc(Cc6n[nH]c(=O)c7ccccc67)ccc5F)n4c3)ccc2o1. The van der Waals surface area contributed by atoms with Crippen molar-refractivity contribution >= 4 is 45.3 Å². The fourth-order valence-corrected chi connectivity index (χ4v) is 7.48. The van der Waals surface area contributed by atoms with Gasteiger partial charge in [0, 0.05) is 31.1 Å². The fourth-order valence-electron chi connectivity index (χ4n) is 7.48. The number of nitrogens with two attached hydrogens (primary N) is 1. The summed E-state index contributed by atoms with van der Waals surface area (Å²) in [6.07, 6.45) is 5.17. The van der Waals surface area contributed by atoms with Gasteiger partial charge in [-0.1, -0.05) is 30.3 Å². The number of nitrogens with one attached hydrogen (secondary N) is 1. The van der Waals surface area contributed by atoms with Crippen molar-refractivity contribution in [2.24, 2.45) is 0 Å². The number of carbonyl (C=O) groups is 2. The molecule has 2 aliphatic rings. The highest BCUT2D eigenvalue weighted by Crippen LogP contribution is 2.34. The molecule has 50 heavy (non-hydrogen) atoms. The smallest absolute Gasteiger partial charge is 0.292 e. The number of fused-ring (bicyclic) bond motifs is 5. The molecule has 7 aromatic rings. The van der Waals surface area contributed by atoms with E-state index in [1.54, 1.807) is 44.7 Å². The summed E-state index contributed by atoms with van der Waals surface area (Å²) in [4.78, 5) is 52.4. The number of hydrogen-bond acceptors (Lipinski definition) is 8. The lowest BCUT2D eigenvalue weighted by Gasteiger charge is -2.41. The van der Waals surface area contributed by atoms with Gasteiger partial charge in [0.25, 0.3) is 23.4 Å². The maximum atomic E-state index is 15.3. The summed E-state index contributed by atoms with van der Waals surface area (Å²) in [7, 11) is 0. The van der Waals surface area contributed by atoms with Crippen LogP contribution < -0.4 is 11.3 Å². The molecule has 0 aliphatic carbocycles. The average molecular weight is 669 g/mol. The first-order valence-electron chi connectivity index (χ1n) is 16.3. The Morgan fingerprint density at radius 2 is 1.72 bits per heavy atom. The van der Waals surface area contributed by atoms with E-state index >= 15 is 4.39 Å². The largest absolute Gasteiger partial charge is 0.424 e. The molecule has 2 bridgehead atoms. The number of pyridine rings is 1. The Bertz CT molecular complexity index is 2560. The van der Waals surface area contributed by atoms with Crippen LogP contribution in [0.25, 0.3) is 38.6 Å². The quantitative estimate of drug-likeness (QED) is 0.265. The minimum atomic E-state index is -0.608. The molecular weight excluding hydrogens is 639 g/mol. The summed E-state index contributed by atoms with van der Waals surface area (Å²) in [5.74, 6) is -1.19. The van der Waals surface area contributed by atoms with Crippen molar-refractivity contribution in [2.45, 2.75) is 31.3 Å². The van der Waals surface area contributed by atoms with E-state index in [2.05, 4.69) is 20.2 Å². The number of nitrogen functional groups attached to an aromatic ring is 1. The average Bonchev–Trinajstić information content (AvgIpc) is 3.80. The van der Waals surface area contributed by atoms with Gasteiger partial charge in [0.1, 0.15) is 22.7 Å². The van der Waals surface area contributed by atoms with Gasteiger partial charge < -0.3 is 20.0 Å². The lowest BCUT2D eigenvalue weighted by Crippen LogP contribution is -2.57. The highest BCUT2D eigenvalue weighted by atomic mass is 19.1. The lowest BCUT2D eigenvalue weighted by molar-refractivity contribution is 0.0354. The van der Waals surface area contributed by atoms with E-state index in [4.69, 9.17) is 10.2 Å². The molecule has 2 fully saturated rings. The van der Waals surface area contributed by atoms with E-state index in [1.807, 2.05) is 48.7 Å². The molecule has 2 saturated heterocycles. The van der Waals surface area contributed by atoms with Crippen LogP contribution in [-0.2, 0) is 6.42 Å². The molecule has 6 heterocycles. The number of aromatic nitrogens is 5. The van der Waals surface area contributed by atoms with E-state index in [1.165, 1.54) is 6.07 Å². The number of carbonyl (C=O) groups excluding carboxylic acids is 2. The molecule has 3 aromatic carbocycles. The summed E-state index contributed by atoms with van der Waals surface area (Å²) < 4.78 is 22.4. The van der Waals surface area contributed by atoms with Crippen LogP contribution in [0.5, 0.6) is 0 Å². The zero-order chi connectivity index (χ0) is 34.1. The molecular formula is C37H29FN8O4. The highest BCUT2D eigenvalue weighted by Gasteiger charge is 2.45. The van der Waals surface area contributed by atoms with Crippen LogP contribution in [0.2, 0.25) is 0 Å². The molecule has 4 aromatic heterocycles. The van der Waals surface area contributed by atoms with Crippen LogP contribution in [0.1, 0.15) is 44.9 Å². The normalized spacial score (nSPS) is 17.3. The van der Waals surface area contributed by atoms with Crippen molar-refractivity contribution in [3.8, 4) is 11.1 Å². The first-order valence-corrected chi connectivity index (χ1v) is 16.3. The Balaban J connectivity index is 0.953. The van der Waals surface area contributed by atoms with Crippen molar-refractivity contribution < 1.29 is 18.4 Å². The zero-order valence-electron chi connectivity index (χ0n) is 26.5. The van der Waals surface area contributed by atoms with Crippen molar-refractivity contribution in [3.05, 3.63) is 124 Å². The summed E-state index contributed by atoms with van der Waals surface area (Å²) in [5, 5.41) is 7.99. The van der Waals surface area contributed by atoms with Crippen LogP contribution in [-0.4, -0.2) is 71.4 Å². The number of aromatic amines is 1. The standard InChI is InChI=1S/C37H29FN8O4/c38-28-10-5-20(14-29-25-3-1-2-4-26(25)34(47)43-42-29)13-27(28)35(48)46-23-8-9-24(46)19-44(18-23)36(49)31-16-40-33-12-7-22(17-45(31)33)21-6-11-32-30(15-21)41-37(39)50-32/h1-7,10-13,15-17,23-24H,8-9,14,18-19H2,(H2,39,41)(H,43,47). The maximum Gasteiger partial charge on any atom is 0.292 e. The number of imidazole rings is 1. The molecule has 2 atom stereocenters. The number of oxazole rings is 1. The third kappa shape index (κ3) is 4.88. The van der Waals surface area contributed by atoms with Crippen LogP contribution in [0.3, 0.4) is 0 Å². The first kappa shape index (κ1) is 29.7. The Morgan fingerprint density at radius 3 is 2.54 bits per heavy atom. The van der Waals surface area contributed by atoms with Gasteiger partial charge >= 0.3 is 0 Å². The van der Waals surface area contributed by atoms with Gasteiger partial charge in [-0.15, -0.1) is 0 Å². The van der Waals surface area contributed by atoms with Crippen molar-refractivity contribution in [1.82, 2.24) is 34.4 Å². The van der Waals surface area contributed by atoms with E-state index in [0.29, 0.717) is 76.8 Å². The number of hydrogen-bond donors (Lipinski definition) is 2. The second-order valence-corrected chi connectivity index (χ2v) is 12.9. The van der Waals surface area contributed by atoms with Gasteiger partial charge in [0.05, 0.1) is 34.9 Å². The van der Waals surface area contributed by atoms with Crippen LogP contribution in [0, 0.1) is 5.82 Å². The second-order valence-electron chi connectivity index (χ2n) is 12.9. The molecule has 2 unspecified atom stereocenters. The molecule has 2 amide bonds.